The molecular weight excluding hydrogens is 392 g/mol. The van der Waals surface area contributed by atoms with Crippen molar-refractivity contribution < 1.29 is 18.7 Å². The number of halogens is 1. The van der Waals surface area contributed by atoms with Crippen LogP contribution in [0.3, 0.4) is 0 Å². The van der Waals surface area contributed by atoms with E-state index in [0.29, 0.717) is 23.2 Å². The van der Waals surface area contributed by atoms with Gasteiger partial charge in [-0.1, -0.05) is 14.6 Å². The molecule has 0 spiro atoms. The van der Waals surface area contributed by atoms with Crippen LogP contribution in [0, 0.1) is 0 Å². The number of amides is 1. The van der Waals surface area contributed by atoms with E-state index in [2.05, 4.69) is 10.6 Å². The lowest BCUT2D eigenvalue weighted by Crippen LogP contribution is -2.42. The zero-order valence-electron chi connectivity index (χ0n) is 16.5. The molecule has 2 atom stereocenters. The molecule has 3 aliphatic rings. The van der Waals surface area contributed by atoms with Crippen molar-refractivity contribution in [2.45, 2.75) is 24.7 Å². The monoisotopic (exact) mass is 417 g/mol. The Kier molecular flexibility index (Phi) is 5.88. The Balaban J connectivity index is 1.56. The topological polar surface area (TPSA) is 62.8 Å². The van der Waals surface area contributed by atoms with Crippen LogP contribution in [0.25, 0.3) is 5.31 Å². The highest BCUT2D eigenvalue weighted by molar-refractivity contribution is 7.51. The highest BCUT2D eigenvalue weighted by atomic mass is 31.1. The smallest absolute Gasteiger partial charge is 0.252 e. The molecule has 8 heteroatoms. The van der Waals surface area contributed by atoms with Gasteiger partial charge in [-0.2, -0.15) is 0 Å². The molecule has 1 fully saturated rings. The number of carbonyl (C=O) groups is 1. The third kappa shape index (κ3) is 4.16. The average molecular weight is 417 g/mol. The standard InChI is InChI=1S/C21H25FN3O3P/c1-27-17-4-3-13(9-18(17)28-2)19-11-20(26)25-12-15(10-16(22)21(25)29-19)24-14-5-7-23-8-6-14/h3-4,9-12,14,21,23-24,29H,5-8H2,1-2H3. The summed E-state index contributed by atoms with van der Waals surface area (Å²) < 4.78 is 25.6. The molecule has 0 aromatic heterocycles. The van der Waals surface area contributed by atoms with Crippen LogP contribution in [0.2, 0.25) is 0 Å². The van der Waals surface area contributed by atoms with Crippen molar-refractivity contribution in [3.8, 4) is 11.5 Å². The summed E-state index contributed by atoms with van der Waals surface area (Å²) in [6.45, 7) is 1.89. The van der Waals surface area contributed by atoms with E-state index in [0.717, 1.165) is 36.8 Å². The van der Waals surface area contributed by atoms with Gasteiger partial charge in [-0.15, -0.1) is 0 Å². The molecule has 1 aromatic carbocycles. The molecule has 6 nitrogen and oxygen atoms in total. The van der Waals surface area contributed by atoms with Gasteiger partial charge in [0.1, 0.15) is 11.6 Å². The van der Waals surface area contributed by atoms with Crippen LogP contribution in [0.4, 0.5) is 4.39 Å². The summed E-state index contributed by atoms with van der Waals surface area (Å²) in [6.07, 6.45) is 6.83. The number of methoxy groups -OCH3 is 2. The van der Waals surface area contributed by atoms with Crippen molar-refractivity contribution in [1.82, 2.24) is 15.5 Å². The Hall–Kier alpha value is -2.37. The van der Waals surface area contributed by atoms with Gasteiger partial charge in [-0.3, -0.25) is 9.69 Å². The van der Waals surface area contributed by atoms with Crippen molar-refractivity contribution >= 4 is 19.8 Å². The van der Waals surface area contributed by atoms with Crippen molar-refractivity contribution in [1.29, 1.82) is 0 Å². The molecule has 0 bridgehead atoms. The van der Waals surface area contributed by atoms with Crippen molar-refractivity contribution in [2.75, 3.05) is 27.3 Å². The van der Waals surface area contributed by atoms with Crippen LogP contribution in [0.15, 0.2) is 48.1 Å². The highest BCUT2D eigenvalue weighted by Gasteiger charge is 2.34. The highest BCUT2D eigenvalue weighted by Crippen LogP contribution is 2.48. The second-order valence-corrected chi connectivity index (χ2v) is 8.58. The number of hydrogen-bond acceptors (Lipinski definition) is 5. The molecule has 3 aliphatic heterocycles. The van der Waals surface area contributed by atoms with Gasteiger partial charge in [0.05, 0.1) is 19.9 Å². The first-order chi connectivity index (χ1) is 14.1. The van der Waals surface area contributed by atoms with E-state index in [1.165, 1.54) is 11.0 Å². The minimum absolute atomic E-state index is 0.103. The lowest BCUT2D eigenvalue weighted by molar-refractivity contribution is -0.124. The van der Waals surface area contributed by atoms with Crippen LogP contribution >= 0.6 is 8.58 Å². The van der Waals surface area contributed by atoms with Crippen LogP contribution in [-0.4, -0.2) is 49.9 Å². The number of allylic oxidation sites excluding steroid dienone is 1. The number of nitrogens with one attached hydrogen (secondary N) is 2. The third-order valence-electron chi connectivity index (χ3n) is 5.33. The summed E-state index contributed by atoms with van der Waals surface area (Å²) in [4.78, 5) is 14.3. The minimum atomic E-state index is -0.589. The van der Waals surface area contributed by atoms with Gasteiger partial charge in [0.15, 0.2) is 11.5 Å². The first kappa shape index (κ1) is 19.9. The Morgan fingerprint density at radius 2 is 1.93 bits per heavy atom. The van der Waals surface area contributed by atoms with E-state index >= 15 is 0 Å². The van der Waals surface area contributed by atoms with Crippen LogP contribution < -0.4 is 20.1 Å². The van der Waals surface area contributed by atoms with Gasteiger partial charge in [-0.25, -0.2) is 4.39 Å². The third-order valence-corrected chi connectivity index (χ3v) is 6.90. The summed E-state index contributed by atoms with van der Waals surface area (Å²) in [6, 6.07) is 5.78. The summed E-state index contributed by atoms with van der Waals surface area (Å²) in [5.74, 6) is 0.102. The van der Waals surface area contributed by atoms with Gasteiger partial charge >= 0.3 is 0 Å². The second kappa shape index (κ2) is 8.56. The first-order valence-electron chi connectivity index (χ1n) is 9.68. The number of piperidine rings is 1. The minimum Gasteiger partial charge on any atom is -0.493 e. The molecule has 2 unspecified atom stereocenters. The van der Waals surface area contributed by atoms with Gasteiger partial charge < -0.3 is 20.1 Å². The van der Waals surface area contributed by atoms with E-state index < -0.39 is 5.78 Å². The largest absolute Gasteiger partial charge is 0.493 e. The van der Waals surface area contributed by atoms with Crippen LogP contribution in [0.5, 0.6) is 11.5 Å². The summed E-state index contributed by atoms with van der Waals surface area (Å²) in [5, 5.41) is 7.50. The fourth-order valence-electron chi connectivity index (χ4n) is 3.79. The predicted molar refractivity (Wildman–Crippen MR) is 113 cm³/mol. The summed E-state index contributed by atoms with van der Waals surface area (Å²) in [7, 11) is 3.24. The van der Waals surface area contributed by atoms with E-state index in [-0.39, 0.29) is 20.3 Å². The normalized spacial score (nSPS) is 23.1. The maximum atomic E-state index is 15.0. The van der Waals surface area contributed by atoms with E-state index in [4.69, 9.17) is 9.47 Å². The average Bonchev–Trinajstić information content (AvgIpc) is 2.74. The molecule has 1 amide bonds. The van der Waals surface area contributed by atoms with Crippen LogP contribution in [-0.2, 0) is 4.79 Å². The number of benzene rings is 1. The number of nitrogens with zero attached hydrogens (tertiary/aromatic N) is 1. The number of rotatable bonds is 5. The molecule has 0 saturated carbocycles. The Bertz CT molecular complexity index is 893. The van der Waals surface area contributed by atoms with Gasteiger partial charge in [0, 0.05) is 18.3 Å². The lowest BCUT2D eigenvalue weighted by atomic mass is 10.1. The second-order valence-electron chi connectivity index (χ2n) is 7.20. The van der Waals surface area contributed by atoms with Crippen molar-refractivity contribution in [3.05, 3.63) is 53.6 Å². The number of hydrogen-bond donors (Lipinski definition) is 2. The van der Waals surface area contributed by atoms with Crippen LogP contribution in [0.1, 0.15) is 18.4 Å². The zero-order chi connectivity index (χ0) is 20.4. The molecule has 2 N–H and O–H groups in total. The predicted octanol–water partition coefficient (Wildman–Crippen LogP) is 2.94. The quantitative estimate of drug-likeness (QED) is 0.722. The number of carbonyl (C=O) groups excluding carboxylic acids is 1. The Morgan fingerprint density at radius 1 is 1.17 bits per heavy atom. The molecular formula is C21H25FN3O3P. The van der Waals surface area contributed by atoms with Gasteiger partial charge in [0.25, 0.3) is 5.91 Å². The maximum Gasteiger partial charge on any atom is 0.252 e. The Labute approximate surface area is 171 Å². The molecule has 4 rings (SSSR count). The van der Waals surface area contributed by atoms with Gasteiger partial charge in [0.2, 0.25) is 0 Å². The molecule has 0 aliphatic carbocycles. The molecule has 154 valence electrons. The summed E-state index contributed by atoms with van der Waals surface area (Å²) in [5.41, 5.74) is 1.50. The van der Waals surface area contributed by atoms with Crippen molar-refractivity contribution in [2.24, 2.45) is 0 Å². The zero-order valence-corrected chi connectivity index (χ0v) is 17.5. The van der Waals surface area contributed by atoms with E-state index in [1.807, 2.05) is 12.1 Å². The molecule has 0 radical (unpaired) electrons. The molecule has 1 saturated heterocycles. The number of ether oxygens (including phenoxy) is 2. The maximum absolute atomic E-state index is 15.0. The number of fused-ring (bicyclic) bond motifs is 1. The molecule has 29 heavy (non-hydrogen) atoms. The van der Waals surface area contributed by atoms with Gasteiger partial charge in [-0.05, 0) is 55.0 Å². The summed E-state index contributed by atoms with van der Waals surface area (Å²) >= 11 is 0. The van der Waals surface area contributed by atoms with E-state index in [9.17, 15) is 9.18 Å². The SMILES string of the molecule is COc1ccc(C2=CC(=O)N3C=C(NC4CCNCC4)C=C(F)C3P2)cc1OC. The fourth-order valence-corrected chi connectivity index (χ4v) is 5.18. The Morgan fingerprint density at radius 3 is 2.66 bits per heavy atom. The lowest BCUT2D eigenvalue weighted by Gasteiger charge is -2.36. The molecule has 3 heterocycles. The van der Waals surface area contributed by atoms with E-state index in [1.54, 1.807) is 32.6 Å². The fraction of sp³-hybridized carbons (Fsp3) is 0.381. The molecule has 1 aromatic rings. The first-order valence-corrected chi connectivity index (χ1v) is 10.8. The van der Waals surface area contributed by atoms with Crippen molar-refractivity contribution in [3.63, 3.8) is 0 Å².